The molecule has 1 fully saturated rings. The molecular formula is C24H22N6O3S2. The Kier molecular flexibility index (Phi) is 6.46. The number of carbonyl (C=O) groups excluding carboxylic acids is 2. The lowest BCUT2D eigenvalue weighted by Crippen LogP contribution is -2.68. The first-order chi connectivity index (χ1) is 17.0. The molecule has 35 heavy (non-hydrogen) atoms. The molecule has 3 aromatic rings. The smallest absolute Gasteiger partial charge is 0.356 e. The molecule has 2 aliphatic heterocycles. The van der Waals surface area contributed by atoms with Gasteiger partial charge in [0.15, 0.2) is 11.9 Å². The second-order valence-electron chi connectivity index (χ2n) is 8.07. The maximum atomic E-state index is 13.7. The lowest BCUT2D eigenvalue weighted by molar-refractivity contribution is -0.153. The van der Waals surface area contributed by atoms with Crippen LogP contribution in [0.2, 0.25) is 0 Å². The Balaban J connectivity index is 1.55. The van der Waals surface area contributed by atoms with Crippen LogP contribution >= 0.6 is 24.4 Å². The molecule has 0 radical (unpaired) electrons. The summed E-state index contributed by atoms with van der Waals surface area (Å²) in [6, 6.07) is 18.3. The first-order valence-corrected chi connectivity index (χ1v) is 12.3. The summed E-state index contributed by atoms with van der Waals surface area (Å²) in [7, 11) is 1.69. The number of nitrogens with two attached hydrogens (primary N) is 1. The Morgan fingerprint density at radius 2 is 1.80 bits per heavy atom. The second-order valence-corrected chi connectivity index (χ2v) is 9.66. The van der Waals surface area contributed by atoms with E-state index in [1.54, 1.807) is 13.1 Å². The van der Waals surface area contributed by atoms with E-state index >= 15 is 0 Å². The maximum Gasteiger partial charge on any atom is 0.356 e. The van der Waals surface area contributed by atoms with Gasteiger partial charge < -0.3 is 10.5 Å². The van der Waals surface area contributed by atoms with E-state index in [1.165, 1.54) is 21.3 Å². The predicted molar refractivity (Wildman–Crippen MR) is 135 cm³/mol. The minimum absolute atomic E-state index is 0.166. The SMILES string of the molecule is Cn1nnnc1C(S)=CC1=C(C(=O)OC(c2ccccc2)c2ccccc2)N2C(=O)C(N)C2SC1. The Bertz CT molecular complexity index is 1290. The van der Waals surface area contributed by atoms with Crippen LogP contribution in [-0.4, -0.2) is 54.2 Å². The van der Waals surface area contributed by atoms with Gasteiger partial charge in [0, 0.05) is 12.8 Å². The number of thiol groups is 1. The van der Waals surface area contributed by atoms with Gasteiger partial charge in [0.2, 0.25) is 5.91 Å². The summed E-state index contributed by atoms with van der Waals surface area (Å²) in [4.78, 5) is 28.3. The number of allylic oxidation sites excluding steroid dienone is 1. The molecule has 9 nitrogen and oxygen atoms in total. The minimum Gasteiger partial charge on any atom is -0.448 e. The molecule has 1 aromatic heterocycles. The number of carbonyl (C=O) groups is 2. The van der Waals surface area contributed by atoms with Gasteiger partial charge in [-0.05, 0) is 33.2 Å². The highest BCUT2D eigenvalue weighted by atomic mass is 32.2. The second kappa shape index (κ2) is 9.68. The Labute approximate surface area is 211 Å². The molecule has 1 amide bonds. The highest BCUT2D eigenvalue weighted by Gasteiger charge is 2.52. The van der Waals surface area contributed by atoms with E-state index in [-0.39, 0.29) is 17.0 Å². The number of esters is 1. The average Bonchev–Trinajstić information content (AvgIpc) is 3.33. The normalized spacial score (nSPS) is 20.1. The standard InChI is InChI=1S/C24H22N6O3S2/c1-29-21(26-27-28-29)17(34)12-16-13-35-23-18(25)22(31)30(23)19(16)24(32)33-20(14-8-4-2-5-9-14)15-10-6-3-7-11-15/h2-12,18,20,23,34H,13,25H2,1H3. The third kappa shape index (κ3) is 4.38. The van der Waals surface area contributed by atoms with Crippen LogP contribution in [0.25, 0.3) is 4.91 Å². The van der Waals surface area contributed by atoms with Crippen molar-refractivity contribution in [3.05, 3.63) is 95.0 Å². The van der Waals surface area contributed by atoms with E-state index in [2.05, 4.69) is 28.2 Å². The number of hydrogen-bond acceptors (Lipinski definition) is 9. The number of tetrazole rings is 1. The number of aromatic nitrogens is 4. The quantitative estimate of drug-likeness (QED) is 0.297. The number of ether oxygens (including phenoxy) is 1. The van der Waals surface area contributed by atoms with Crippen molar-refractivity contribution in [3.8, 4) is 0 Å². The number of fused-ring (bicyclic) bond motifs is 1. The Morgan fingerprint density at radius 1 is 1.17 bits per heavy atom. The highest BCUT2D eigenvalue weighted by Crippen LogP contribution is 2.41. The van der Waals surface area contributed by atoms with Gasteiger partial charge in [-0.2, -0.15) is 0 Å². The molecule has 0 saturated carbocycles. The van der Waals surface area contributed by atoms with E-state index in [0.29, 0.717) is 22.1 Å². The number of hydrogen-bond donors (Lipinski definition) is 2. The molecule has 0 spiro atoms. The lowest BCUT2D eigenvalue weighted by atomic mass is 10.0. The van der Waals surface area contributed by atoms with Crippen molar-refractivity contribution >= 4 is 41.2 Å². The number of nitrogens with zero attached hydrogens (tertiary/aromatic N) is 5. The highest BCUT2D eigenvalue weighted by molar-refractivity contribution is 8.00. The summed E-state index contributed by atoms with van der Waals surface area (Å²) in [5.41, 5.74) is 8.41. The topological polar surface area (TPSA) is 116 Å². The first-order valence-electron chi connectivity index (χ1n) is 10.8. The molecule has 0 aliphatic carbocycles. The average molecular weight is 507 g/mol. The van der Waals surface area contributed by atoms with Gasteiger partial charge in [-0.1, -0.05) is 60.7 Å². The van der Waals surface area contributed by atoms with Crippen molar-refractivity contribution in [3.63, 3.8) is 0 Å². The van der Waals surface area contributed by atoms with Crippen molar-refractivity contribution in [2.45, 2.75) is 17.5 Å². The van der Waals surface area contributed by atoms with Gasteiger partial charge in [-0.25, -0.2) is 9.48 Å². The fourth-order valence-corrected chi connectivity index (χ4v) is 5.66. The molecule has 2 N–H and O–H groups in total. The molecule has 1 saturated heterocycles. The van der Waals surface area contributed by atoms with Gasteiger partial charge in [0.1, 0.15) is 17.1 Å². The third-order valence-corrected chi connectivity index (χ3v) is 7.47. The zero-order chi connectivity index (χ0) is 24.5. The van der Waals surface area contributed by atoms with Crippen LogP contribution in [0.4, 0.5) is 0 Å². The molecule has 2 atom stereocenters. The van der Waals surface area contributed by atoms with E-state index < -0.39 is 18.1 Å². The fourth-order valence-electron chi connectivity index (χ4n) is 4.06. The van der Waals surface area contributed by atoms with Gasteiger partial charge in [-0.3, -0.25) is 9.69 Å². The van der Waals surface area contributed by atoms with Crippen molar-refractivity contribution in [1.29, 1.82) is 0 Å². The largest absolute Gasteiger partial charge is 0.448 e. The zero-order valence-corrected chi connectivity index (χ0v) is 20.4. The van der Waals surface area contributed by atoms with Crippen molar-refractivity contribution in [1.82, 2.24) is 25.1 Å². The fraction of sp³-hybridized carbons (Fsp3) is 0.208. The summed E-state index contributed by atoms with van der Waals surface area (Å²) < 4.78 is 7.56. The van der Waals surface area contributed by atoms with E-state index in [0.717, 1.165) is 11.1 Å². The molecule has 2 aromatic carbocycles. The van der Waals surface area contributed by atoms with Crippen LogP contribution < -0.4 is 5.73 Å². The third-order valence-electron chi connectivity index (χ3n) is 5.82. The lowest BCUT2D eigenvalue weighted by Gasteiger charge is -2.48. The number of rotatable bonds is 6. The van der Waals surface area contributed by atoms with Crippen molar-refractivity contribution in [2.24, 2.45) is 12.8 Å². The maximum absolute atomic E-state index is 13.7. The molecule has 2 aliphatic rings. The Morgan fingerprint density at radius 3 is 2.37 bits per heavy atom. The van der Waals surface area contributed by atoms with Crippen molar-refractivity contribution in [2.75, 3.05) is 5.75 Å². The predicted octanol–water partition coefficient (Wildman–Crippen LogP) is 2.31. The van der Waals surface area contributed by atoms with E-state index in [4.69, 9.17) is 10.5 Å². The molecule has 0 bridgehead atoms. The number of thioether (sulfide) groups is 1. The molecule has 2 unspecified atom stereocenters. The van der Waals surface area contributed by atoms with E-state index in [1.807, 2.05) is 60.7 Å². The van der Waals surface area contributed by atoms with Crippen molar-refractivity contribution < 1.29 is 14.3 Å². The monoisotopic (exact) mass is 506 g/mol. The minimum atomic E-state index is -0.661. The first kappa shape index (κ1) is 23.3. The van der Waals surface area contributed by atoms with Crippen LogP contribution in [-0.2, 0) is 21.4 Å². The van der Waals surface area contributed by atoms with Crippen LogP contribution in [0.3, 0.4) is 0 Å². The zero-order valence-electron chi connectivity index (χ0n) is 18.7. The Hall–Kier alpha value is -3.41. The van der Waals surface area contributed by atoms with Crippen LogP contribution in [0, 0.1) is 0 Å². The number of benzene rings is 2. The molecule has 3 heterocycles. The molecule has 178 valence electrons. The van der Waals surface area contributed by atoms with Gasteiger partial charge in [0.05, 0.1) is 4.91 Å². The summed E-state index contributed by atoms with van der Waals surface area (Å²) in [5.74, 6) is -0.0592. The molecule has 5 rings (SSSR count). The van der Waals surface area contributed by atoms with E-state index in [9.17, 15) is 9.59 Å². The van der Waals surface area contributed by atoms with Gasteiger partial charge in [0.25, 0.3) is 0 Å². The number of aryl methyl sites for hydroxylation is 1. The van der Waals surface area contributed by atoms with Gasteiger partial charge in [-0.15, -0.1) is 29.5 Å². The van der Waals surface area contributed by atoms with Crippen LogP contribution in [0.15, 0.2) is 78.0 Å². The summed E-state index contributed by atoms with van der Waals surface area (Å²) in [5, 5.41) is 11.1. The summed E-state index contributed by atoms with van der Waals surface area (Å²) >= 11 is 6.03. The molecular weight excluding hydrogens is 484 g/mol. The number of β-lactam (4-membered cyclic amide) rings is 1. The van der Waals surface area contributed by atoms with Crippen LogP contribution in [0.1, 0.15) is 23.1 Å². The molecule has 11 heteroatoms. The van der Waals surface area contributed by atoms with Crippen LogP contribution in [0.5, 0.6) is 0 Å². The summed E-state index contributed by atoms with van der Waals surface area (Å²) in [6.07, 6.45) is 1.05. The van der Waals surface area contributed by atoms with Gasteiger partial charge >= 0.3 is 5.97 Å². The summed E-state index contributed by atoms with van der Waals surface area (Å²) in [6.45, 7) is 0. The number of amides is 1.